The summed E-state index contributed by atoms with van der Waals surface area (Å²) in [6.45, 7) is 3.99. The van der Waals surface area contributed by atoms with Gasteiger partial charge in [-0.2, -0.15) is 0 Å². The third-order valence-corrected chi connectivity index (χ3v) is 4.06. The molecule has 2 rings (SSSR count). The minimum atomic E-state index is -0.990. The maximum Gasteiger partial charge on any atom is 0.328 e. The summed E-state index contributed by atoms with van der Waals surface area (Å²) in [6.07, 6.45) is 4.11. The fourth-order valence-corrected chi connectivity index (χ4v) is 2.03. The first-order chi connectivity index (χ1) is 9.95. The molecule has 0 saturated carbocycles. The van der Waals surface area contributed by atoms with Gasteiger partial charge in [0.05, 0.1) is 0 Å². The van der Waals surface area contributed by atoms with Crippen LogP contribution in [-0.4, -0.2) is 16.1 Å². The van der Waals surface area contributed by atoms with Crippen LogP contribution >= 0.6 is 15.9 Å². The zero-order valence-corrected chi connectivity index (χ0v) is 13.2. The van der Waals surface area contributed by atoms with Gasteiger partial charge in [0, 0.05) is 22.8 Å². The average molecular weight is 348 g/mol. The van der Waals surface area contributed by atoms with Gasteiger partial charge in [-0.05, 0) is 54.8 Å². The van der Waals surface area contributed by atoms with Crippen LogP contribution in [0.3, 0.4) is 0 Å². The van der Waals surface area contributed by atoms with Crippen molar-refractivity contribution in [2.45, 2.75) is 13.8 Å². The molecule has 0 fully saturated rings. The highest BCUT2D eigenvalue weighted by molar-refractivity contribution is 9.10. The van der Waals surface area contributed by atoms with Crippen LogP contribution in [0.5, 0.6) is 11.6 Å². The van der Waals surface area contributed by atoms with Crippen molar-refractivity contribution in [1.29, 1.82) is 0 Å². The van der Waals surface area contributed by atoms with Gasteiger partial charge < -0.3 is 9.84 Å². The molecule has 0 atom stereocenters. The highest BCUT2D eigenvalue weighted by atomic mass is 79.9. The van der Waals surface area contributed by atoms with Crippen molar-refractivity contribution >= 4 is 28.0 Å². The van der Waals surface area contributed by atoms with Crippen molar-refractivity contribution in [1.82, 2.24) is 4.98 Å². The Labute approximate surface area is 131 Å². The van der Waals surface area contributed by atoms with Crippen LogP contribution in [0.4, 0.5) is 0 Å². The van der Waals surface area contributed by atoms with Gasteiger partial charge in [0.15, 0.2) is 0 Å². The van der Waals surface area contributed by atoms with E-state index in [1.807, 2.05) is 26.0 Å². The van der Waals surface area contributed by atoms with E-state index in [1.165, 1.54) is 6.08 Å². The van der Waals surface area contributed by atoms with E-state index in [4.69, 9.17) is 9.84 Å². The van der Waals surface area contributed by atoms with Gasteiger partial charge in [-0.25, -0.2) is 9.78 Å². The largest absolute Gasteiger partial charge is 0.478 e. The quantitative estimate of drug-likeness (QED) is 0.835. The predicted octanol–water partition coefficient (Wildman–Crippen LogP) is 4.35. The molecule has 0 bridgehead atoms. The fraction of sp³-hybridized carbons (Fsp3) is 0.125. The summed E-state index contributed by atoms with van der Waals surface area (Å²) in [4.78, 5) is 14.6. The zero-order valence-electron chi connectivity index (χ0n) is 11.6. The van der Waals surface area contributed by atoms with Gasteiger partial charge in [0.25, 0.3) is 0 Å². The SMILES string of the molecule is Cc1cc(Oc2ccc(/C=C/C(=O)O)cn2)cc(C)c1Br. The molecular formula is C16H14BrNO3. The Morgan fingerprint density at radius 2 is 1.95 bits per heavy atom. The van der Waals surface area contributed by atoms with Gasteiger partial charge in [-0.1, -0.05) is 15.9 Å². The van der Waals surface area contributed by atoms with Crippen LogP contribution in [-0.2, 0) is 4.79 Å². The smallest absolute Gasteiger partial charge is 0.328 e. The molecule has 0 aliphatic heterocycles. The topological polar surface area (TPSA) is 59.4 Å². The second kappa shape index (κ2) is 6.54. The van der Waals surface area contributed by atoms with Crippen molar-refractivity contribution in [3.63, 3.8) is 0 Å². The van der Waals surface area contributed by atoms with E-state index >= 15 is 0 Å². The molecule has 0 unspecified atom stereocenters. The van der Waals surface area contributed by atoms with E-state index in [1.54, 1.807) is 18.3 Å². The normalized spacial score (nSPS) is 10.8. The van der Waals surface area contributed by atoms with Crippen molar-refractivity contribution in [2.75, 3.05) is 0 Å². The molecule has 1 aromatic heterocycles. The monoisotopic (exact) mass is 347 g/mol. The Morgan fingerprint density at radius 1 is 1.29 bits per heavy atom. The maximum atomic E-state index is 10.4. The third-order valence-electron chi connectivity index (χ3n) is 2.81. The highest BCUT2D eigenvalue weighted by Gasteiger charge is 2.05. The molecule has 0 amide bonds. The summed E-state index contributed by atoms with van der Waals surface area (Å²) < 4.78 is 6.77. The van der Waals surface area contributed by atoms with Crippen LogP contribution in [0.1, 0.15) is 16.7 Å². The molecule has 108 valence electrons. The number of carbonyl (C=O) groups is 1. The maximum absolute atomic E-state index is 10.4. The molecule has 0 spiro atoms. The van der Waals surface area contributed by atoms with Gasteiger partial charge >= 0.3 is 5.97 Å². The third kappa shape index (κ3) is 4.16. The number of aliphatic carboxylic acids is 1. The summed E-state index contributed by atoms with van der Waals surface area (Å²) in [7, 11) is 0. The number of aromatic nitrogens is 1. The molecule has 0 radical (unpaired) electrons. The molecule has 0 saturated heterocycles. The van der Waals surface area contributed by atoms with Crippen LogP contribution in [0.15, 0.2) is 41.0 Å². The summed E-state index contributed by atoms with van der Waals surface area (Å²) in [6, 6.07) is 7.31. The lowest BCUT2D eigenvalue weighted by atomic mass is 10.1. The lowest BCUT2D eigenvalue weighted by Crippen LogP contribution is -1.91. The number of nitrogens with zero attached hydrogens (tertiary/aromatic N) is 1. The number of pyridine rings is 1. The number of hydrogen-bond donors (Lipinski definition) is 1. The lowest BCUT2D eigenvalue weighted by molar-refractivity contribution is -0.131. The summed E-state index contributed by atoms with van der Waals surface area (Å²) in [5, 5.41) is 8.56. The summed E-state index contributed by atoms with van der Waals surface area (Å²) in [5.41, 5.74) is 2.88. The number of carboxylic acids is 1. The number of benzene rings is 1. The van der Waals surface area contributed by atoms with E-state index < -0.39 is 5.97 Å². The Morgan fingerprint density at radius 3 is 2.48 bits per heavy atom. The first-order valence-corrected chi connectivity index (χ1v) is 7.06. The molecule has 21 heavy (non-hydrogen) atoms. The second-order valence-corrected chi connectivity index (χ2v) is 5.37. The molecule has 1 N–H and O–H groups in total. The molecule has 5 heteroatoms. The van der Waals surface area contributed by atoms with E-state index in [2.05, 4.69) is 20.9 Å². The van der Waals surface area contributed by atoms with Crippen molar-refractivity contribution < 1.29 is 14.6 Å². The highest BCUT2D eigenvalue weighted by Crippen LogP contribution is 2.28. The number of aryl methyl sites for hydroxylation is 2. The van der Waals surface area contributed by atoms with Crippen LogP contribution in [0, 0.1) is 13.8 Å². The second-order valence-electron chi connectivity index (χ2n) is 4.57. The van der Waals surface area contributed by atoms with E-state index in [0.717, 1.165) is 27.4 Å². The summed E-state index contributed by atoms with van der Waals surface area (Å²) in [5.74, 6) is 0.189. The minimum absolute atomic E-state index is 0.462. The Bertz CT molecular complexity index is 670. The van der Waals surface area contributed by atoms with Crippen molar-refractivity contribution in [3.8, 4) is 11.6 Å². The molecule has 2 aromatic rings. The number of rotatable bonds is 4. The molecular weight excluding hydrogens is 334 g/mol. The first-order valence-electron chi connectivity index (χ1n) is 6.27. The van der Waals surface area contributed by atoms with Gasteiger partial charge in [0.2, 0.25) is 5.88 Å². The van der Waals surface area contributed by atoms with Crippen LogP contribution in [0.25, 0.3) is 6.08 Å². The summed E-state index contributed by atoms with van der Waals surface area (Å²) >= 11 is 3.51. The zero-order chi connectivity index (χ0) is 15.4. The molecule has 0 aliphatic rings. The fourth-order valence-electron chi connectivity index (χ4n) is 1.80. The van der Waals surface area contributed by atoms with Gasteiger partial charge in [-0.15, -0.1) is 0 Å². The first kappa shape index (κ1) is 15.3. The standard InChI is InChI=1S/C16H14BrNO3/c1-10-7-13(8-11(2)16(10)17)21-14-5-3-12(9-18-14)4-6-15(19)20/h3-9H,1-2H3,(H,19,20)/b6-4+. The van der Waals surface area contributed by atoms with Crippen molar-refractivity contribution in [3.05, 3.63) is 57.7 Å². The van der Waals surface area contributed by atoms with Gasteiger partial charge in [0.1, 0.15) is 5.75 Å². The molecule has 1 aromatic carbocycles. The molecule has 1 heterocycles. The Balaban J connectivity index is 2.15. The lowest BCUT2D eigenvalue weighted by Gasteiger charge is -2.09. The number of ether oxygens (including phenoxy) is 1. The van der Waals surface area contributed by atoms with E-state index in [-0.39, 0.29) is 0 Å². The average Bonchev–Trinajstić information content (AvgIpc) is 2.44. The molecule has 0 aliphatic carbocycles. The predicted molar refractivity (Wildman–Crippen MR) is 84.6 cm³/mol. The van der Waals surface area contributed by atoms with E-state index in [0.29, 0.717) is 11.4 Å². The van der Waals surface area contributed by atoms with E-state index in [9.17, 15) is 4.79 Å². The number of carboxylic acid groups (broad SMARTS) is 1. The van der Waals surface area contributed by atoms with Crippen LogP contribution < -0.4 is 4.74 Å². The van der Waals surface area contributed by atoms with Crippen LogP contribution in [0.2, 0.25) is 0 Å². The minimum Gasteiger partial charge on any atom is -0.478 e. The molecule has 4 nitrogen and oxygen atoms in total. The van der Waals surface area contributed by atoms with Gasteiger partial charge in [-0.3, -0.25) is 0 Å². The van der Waals surface area contributed by atoms with Crippen molar-refractivity contribution in [2.24, 2.45) is 0 Å². The number of hydrogen-bond acceptors (Lipinski definition) is 3. The number of halogens is 1. The Hall–Kier alpha value is -2.14. The Kier molecular flexibility index (Phi) is 4.75.